The first-order chi connectivity index (χ1) is 12.2. The second-order valence-corrected chi connectivity index (χ2v) is 6.76. The van der Waals surface area contributed by atoms with E-state index in [-0.39, 0.29) is 43.7 Å². The maximum atomic E-state index is 13.0. The Kier molecular flexibility index (Phi) is 4.76. The molecule has 1 fully saturated rings. The third kappa shape index (κ3) is 3.45. The molecule has 0 spiro atoms. The highest BCUT2D eigenvalue weighted by Gasteiger charge is 2.42. The van der Waals surface area contributed by atoms with Crippen LogP contribution in [0.4, 0.5) is 13.2 Å². The van der Waals surface area contributed by atoms with Crippen LogP contribution in [-0.4, -0.2) is 62.7 Å². The summed E-state index contributed by atoms with van der Waals surface area (Å²) in [6, 6.07) is 0. The molecule has 0 N–H and O–H groups in total. The van der Waals surface area contributed by atoms with E-state index in [4.69, 9.17) is 0 Å². The Labute approximate surface area is 148 Å². The summed E-state index contributed by atoms with van der Waals surface area (Å²) >= 11 is 0. The van der Waals surface area contributed by atoms with Crippen molar-refractivity contribution in [2.24, 2.45) is 11.8 Å². The molecule has 0 aliphatic carbocycles. The molecule has 1 unspecified atom stereocenters. The molecule has 0 radical (unpaired) electrons. The number of hydrogen-bond acceptors (Lipinski definition) is 4. The lowest BCUT2D eigenvalue weighted by Crippen LogP contribution is -2.55. The molecule has 1 saturated heterocycles. The molecule has 2 aliphatic rings. The van der Waals surface area contributed by atoms with Crippen LogP contribution in [0.2, 0.25) is 0 Å². The zero-order valence-electron chi connectivity index (χ0n) is 14.4. The summed E-state index contributed by atoms with van der Waals surface area (Å²) in [6.45, 7) is 3.91. The number of aromatic nitrogens is 3. The van der Waals surface area contributed by atoms with E-state index in [1.807, 2.05) is 0 Å². The highest BCUT2D eigenvalue weighted by molar-refractivity contribution is 5.90. The van der Waals surface area contributed by atoms with E-state index in [1.54, 1.807) is 7.05 Å². The van der Waals surface area contributed by atoms with Crippen LogP contribution in [0.15, 0.2) is 12.7 Å². The molecule has 142 valence electrons. The molecule has 1 atom stereocenters. The number of alkyl halides is 3. The average Bonchev–Trinajstić information content (AvgIpc) is 2.94. The Hall–Kier alpha value is -2.39. The standard InChI is InChI=1S/C16H20F3N5O2/c1-3-14(25)23-6-10(7-23)15(26)22(2)9-13-21-20-12-5-4-11(8-24(12)13)16(17,18)19/h3,10-11H,1,4-9H2,2H3. The Bertz CT molecular complexity index is 724. The number of carbonyl (C=O) groups excluding carboxylic acids is 2. The molecule has 10 heteroatoms. The monoisotopic (exact) mass is 371 g/mol. The molecule has 7 nitrogen and oxygen atoms in total. The summed E-state index contributed by atoms with van der Waals surface area (Å²) in [7, 11) is 1.58. The van der Waals surface area contributed by atoms with Gasteiger partial charge in [0.2, 0.25) is 11.8 Å². The molecule has 3 rings (SSSR count). The van der Waals surface area contributed by atoms with Crippen molar-refractivity contribution in [3.05, 3.63) is 24.3 Å². The minimum Gasteiger partial charge on any atom is -0.338 e. The van der Waals surface area contributed by atoms with Gasteiger partial charge < -0.3 is 14.4 Å². The fourth-order valence-corrected chi connectivity index (χ4v) is 3.31. The Morgan fingerprint density at radius 1 is 1.31 bits per heavy atom. The number of amides is 2. The Morgan fingerprint density at radius 3 is 2.62 bits per heavy atom. The van der Waals surface area contributed by atoms with Gasteiger partial charge in [-0.25, -0.2) is 0 Å². The largest absolute Gasteiger partial charge is 0.393 e. The van der Waals surface area contributed by atoms with Crippen LogP contribution in [-0.2, 0) is 29.1 Å². The molecule has 26 heavy (non-hydrogen) atoms. The minimum atomic E-state index is -4.26. The van der Waals surface area contributed by atoms with Crippen molar-refractivity contribution < 1.29 is 22.8 Å². The lowest BCUT2D eigenvalue weighted by Gasteiger charge is -2.39. The SMILES string of the molecule is C=CC(=O)N1CC(C(=O)N(C)Cc2nnc3n2CC(C(F)(F)F)CC3)C1. The van der Waals surface area contributed by atoms with Crippen LogP contribution in [0.3, 0.4) is 0 Å². The zero-order chi connectivity index (χ0) is 19.1. The van der Waals surface area contributed by atoms with Crippen molar-refractivity contribution in [3.63, 3.8) is 0 Å². The predicted molar refractivity (Wildman–Crippen MR) is 84.6 cm³/mol. The van der Waals surface area contributed by atoms with Crippen LogP contribution >= 0.6 is 0 Å². The first-order valence-electron chi connectivity index (χ1n) is 8.34. The molecule has 1 aromatic heterocycles. The number of hydrogen-bond donors (Lipinski definition) is 0. The maximum Gasteiger partial charge on any atom is 0.393 e. The van der Waals surface area contributed by atoms with Gasteiger partial charge in [0.25, 0.3) is 0 Å². The summed E-state index contributed by atoms with van der Waals surface area (Å²) in [6.07, 6.45) is -2.83. The van der Waals surface area contributed by atoms with E-state index in [0.717, 1.165) is 0 Å². The number of nitrogens with zero attached hydrogens (tertiary/aromatic N) is 5. The van der Waals surface area contributed by atoms with Crippen LogP contribution in [0.1, 0.15) is 18.1 Å². The van der Waals surface area contributed by atoms with Crippen molar-refractivity contribution >= 4 is 11.8 Å². The quantitative estimate of drug-likeness (QED) is 0.741. The van der Waals surface area contributed by atoms with Gasteiger partial charge in [-0.2, -0.15) is 13.2 Å². The van der Waals surface area contributed by atoms with E-state index in [1.165, 1.54) is 20.4 Å². The third-order valence-corrected chi connectivity index (χ3v) is 4.96. The van der Waals surface area contributed by atoms with Crippen LogP contribution in [0.5, 0.6) is 0 Å². The van der Waals surface area contributed by atoms with Gasteiger partial charge in [0.15, 0.2) is 5.82 Å². The van der Waals surface area contributed by atoms with Crippen LogP contribution < -0.4 is 0 Å². The van der Waals surface area contributed by atoms with E-state index in [2.05, 4.69) is 16.8 Å². The molecule has 2 amide bonds. The van der Waals surface area contributed by atoms with Gasteiger partial charge in [-0.1, -0.05) is 6.58 Å². The summed E-state index contributed by atoms with van der Waals surface area (Å²) in [5, 5.41) is 7.92. The van der Waals surface area contributed by atoms with Gasteiger partial charge in [-0.3, -0.25) is 9.59 Å². The van der Waals surface area contributed by atoms with Gasteiger partial charge in [0, 0.05) is 33.1 Å². The van der Waals surface area contributed by atoms with Crippen LogP contribution in [0.25, 0.3) is 0 Å². The minimum absolute atomic E-state index is 0.00560. The summed E-state index contributed by atoms with van der Waals surface area (Å²) < 4.78 is 40.5. The second-order valence-electron chi connectivity index (χ2n) is 6.76. The maximum absolute atomic E-state index is 13.0. The van der Waals surface area contributed by atoms with Crippen molar-refractivity contribution in [2.45, 2.75) is 32.1 Å². The molecule has 3 heterocycles. The molecule has 2 aliphatic heterocycles. The summed E-state index contributed by atoms with van der Waals surface area (Å²) in [5.74, 6) is -1.25. The fraction of sp³-hybridized carbons (Fsp3) is 0.625. The van der Waals surface area contributed by atoms with Gasteiger partial charge in [0.1, 0.15) is 5.82 Å². The van der Waals surface area contributed by atoms with E-state index < -0.39 is 12.1 Å². The van der Waals surface area contributed by atoms with Gasteiger partial charge in [-0.15, -0.1) is 10.2 Å². The highest BCUT2D eigenvalue weighted by Crippen LogP contribution is 2.34. The third-order valence-electron chi connectivity index (χ3n) is 4.96. The van der Waals surface area contributed by atoms with Crippen molar-refractivity contribution in [3.8, 4) is 0 Å². The molecule has 1 aromatic rings. The number of carbonyl (C=O) groups is 2. The summed E-state index contributed by atoms with van der Waals surface area (Å²) in [5.41, 5.74) is 0. The molecular formula is C16H20F3N5O2. The van der Waals surface area contributed by atoms with Crippen molar-refractivity contribution in [1.29, 1.82) is 0 Å². The van der Waals surface area contributed by atoms with Crippen molar-refractivity contribution in [1.82, 2.24) is 24.6 Å². The molecular weight excluding hydrogens is 351 g/mol. The molecule has 0 saturated carbocycles. The molecule has 0 aromatic carbocycles. The first kappa shape index (κ1) is 18.4. The number of halogens is 3. The zero-order valence-corrected chi connectivity index (χ0v) is 14.4. The van der Waals surface area contributed by atoms with Crippen LogP contribution in [0, 0.1) is 11.8 Å². The van der Waals surface area contributed by atoms with E-state index in [9.17, 15) is 22.8 Å². The smallest absolute Gasteiger partial charge is 0.338 e. The Morgan fingerprint density at radius 2 is 2.00 bits per heavy atom. The normalized spacial score (nSPS) is 20.3. The predicted octanol–water partition coefficient (Wildman–Crippen LogP) is 1.01. The van der Waals surface area contributed by atoms with Gasteiger partial charge >= 0.3 is 6.18 Å². The van der Waals surface area contributed by atoms with Crippen molar-refractivity contribution in [2.75, 3.05) is 20.1 Å². The average molecular weight is 371 g/mol. The first-order valence-corrected chi connectivity index (χ1v) is 8.34. The highest BCUT2D eigenvalue weighted by atomic mass is 19.4. The number of fused-ring (bicyclic) bond motifs is 1. The van der Waals surface area contributed by atoms with E-state index >= 15 is 0 Å². The number of rotatable bonds is 4. The lowest BCUT2D eigenvalue weighted by molar-refractivity contribution is -0.182. The lowest BCUT2D eigenvalue weighted by atomic mass is 9.98. The molecule has 0 bridgehead atoms. The van der Waals surface area contributed by atoms with Gasteiger partial charge in [0.05, 0.1) is 18.4 Å². The number of aryl methyl sites for hydroxylation is 1. The topological polar surface area (TPSA) is 71.3 Å². The summed E-state index contributed by atoms with van der Waals surface area (Å²) in [4.78, 5) is 26.8. The second kappa shape index (κ2) is 6.73. The van der Waals surface area contributed by atoms with E-state index in [0.29, 0.717) is 24.7 Å². The Balaban J connectivity index is 1.62. The number of likely N-dealkylation sites (tertiary alicyclic amines) is 1. The van der Waals surface area contributed by atoms with Gasteiger partial charge in [-0.05, 0) is 12.5 Å². The fourth-order valence-electron chi connectivity index (χ4n) is 3.31.